The van der Waals surface area contributed by atoms with Crippen LogP contribution in [0.4, 0.5) is 0 Å². The highest BCUT2D eigenvalue weighted by Gasteiger charge is 2.17. The zero-order valence-corrected chi connectivity index (χ0v) is 20.4. The summed E-state index contributed by atoms with van der Waals surface area (Å²) in [6.45, 7) is 9.85. The second kappa shape index (κ2) is 11.8. The predicted octanol–water partition coefficient (Wildman–Crippen LogP) is 4.41. The van der Waals surface area contributed by atoms with E-state index in [1.807, 2.05) is 12.3 Å². The molecule has 0 spiro atoms. The molecule has 1 aromatic carbocycles. The first-order valence-corrected chi connectivity index (χ1v) is 11.1. The molecule has 170 valence electrons. The third kappa shape index (κ3) is 7.60. The second-order valence-electron chi connectivity index (χ2n) is 8.79. The minimum Gasteiger partial charge on any atom is -0.508 e. The molecule has 5 heteroatoms. The van der Waals surface area contributed by atoms with E-state index in [1.165, 1.54) is 16.7 Å². The number of aromatic hydroxyl groups is 1. The summed E-state index contributed by atoms with van der Waals surface area (Å²) < 4.78 is 0. The quantitative estimate of drug-likeness (QED) is 0.545. The lowest BCUT2D eigenvalue weighted by molar-refractivity contribution is 0.273. The molecule has 2 rings (SSSR count). The average Bonchev–Trinajstić information content (AvgIpc) is 2.71. The van der Waals surface area contributed by atoms with Crippen molar-refractivity contribution in [3.63, 3.8) is 0 Å². The van der Waals surface area contributed by atoms with Gasteiger partial charge >= 0.3 is 0 Å². The molecular weight excluding hydrogens is 384 g/mol. The Balaban J connectivity index is 2.13. The van der Waals surface area contributed by atoms with Gasteiger partial charge in [0.2, 0.25) is 0 Å². The first-order valence-electron chi connectivity index (χ1n) is 11.1. The lowest BCUT2D eigenvalue weighted by Gasteiger charge is -2.30. The van der Waals surface area contributed by atoms with Crippen LogP contribution in [0.15, 0.2) is 59.6 Å². The lowest BCUT2D eigenvalue weighted by atomic mass is 9.98. The summed E-state index contributed by atoms with van der Waals surface area (Å²) in [5, 5.41) is 14.1. The molecular formula is C26H40N4O. The molecule has 1 aliphatic heterocycles. The molecule has 1 aromatic rings. The number of likely N-dealkylation sites (N-methyl/N-ethyl adjacent to an activating group) is 3. The number of phenols is 1. The van der Waals surface area contributed by atoms with Crippen molar-refractivity contribution >= 4 is 5.57 Å². The van der Waals surface area contributed by atoms with Gasteiger partial charge in [-0.1, -0.05) is 37.3 Å². The Morgan fingerprint density at radius 2 is 1.97 bits per heavy atom. The number of allylic oxidation sites excluding steroid dienone is 5. The molecule has 1 heterocycles. The van der Waals surface area contributed by atoms with Crippen molar-refractivity contribution in [3.8, 4) is 5.75 Å². The Morgan fingerprint density at radius 1 is 1.23 bits per heavy atom. The van der Waals surface area contributed by atoms with Crippen molar-refractivity contribution in [1.82, 2.24) is 20.0 Å². The summed E-state index contributed by atoms with van der Waals surface area (Å²) in [5.74, 6) is 1.47. The van der Waals surface area contributed by atoms with Gasteiger partial charge in [0.1, 0.15) is 11.6 Å². The Morgan fingerprint density at radius 3 is 2.58 bits per heavy atom. The third-order valence-corrected chi connectivity index (χ3v) is 5.43. The largest absolute Gasteiger partial charge is 0.508 e. The molecule has 0 saturated heterocycles. The fourth-order valence-electron chi connectivity index (χ4n) is 3.58. The summed E-state index contributed by atoms with van der Waals surface area (Å²) >= 11 is 0. The third-order valence-electron chi connectivity index (χ3n) is 5.43. The maximum Gasteiger partial charge on any atom is 0.120 e. The van der Waals surface area contributed by atoms with E-state index in [4.69, 9.17) is 0 Å². The van der Waals surface area contributed by atoms with Gasteiger partial charge in [0, 0.05) is 45.0 Å². The molecule has 0 fully saturated rings. The van der Waals surface area contributed by atoms with Gasteiger partial charge in [-0.25, -0.2) is 0 Å². The van der Waals surface area contributed by atoms with Gasteiger partial charge in [-0.15, -0.1) is 0 Å². The molecule has 5 nitrogen and oxygen atoms in total. The molecule has 0 atom stereocenters. The van der Waals surface area contributed by atoms with Crippen LogP contribution >= 0.6 is 0 Å². The maximum atomic E-state index is 10.6. The monoisotopic (exact) mass is 424 g/mol. The first-order chi connectivity index (χ1) is 14.7. The Kier molecular flexibility index (Phi) is 9.41. The van der Waals surface area contributed by atoms with Crippen LogP contribution in [0.25, 0.3) is 5.57 Å². The number of hydrogen-bond donors (Lipinski definition) is 2. The summed E-state index contributed by atoms with van der Waals surface area (Å²) in [5.41, 5.74) is 5.62. The predicted molar refractivity (Wildman–Crippen MR) is 133 cm³/mol. The van der Waals surface area contributed by atoms with E-state index >= 15 is 0 Å². The van der Waals surface area contributed by atoms with Gasteiger partial charge in [-0.3, -0.25) is 0 Å². The van der Waals surface area contributed by atoms with Crippen molar-refractivity contribution in [3.05, 3.63) is 70.7 Å². The number of benzene rings is 1. The van der Waals surface area contributed by atoms with Gasteiger partial charge in [0.05, 0.1) is 0 Å². The van der Waals surface area contributed by atoms with Crippen molar-refractivity contribution in [2.75, 3.05) is 47.8 Å². The minimum atomic E-state index is 0.365. The van der Waals surface area contributed by atoms with Crippen molar-refractivity contribution in [2.45, 2.75) is 33.7 Å². The number of phenolic OH excluding ortho intramolecular Hbond substituents is 1. The Labute approximate surface area is 189 Å². The van der Waals surface area contributed by atoms with Crippen LogP contribution in [0.3, 0.4) is 0 Å². The van der Waals surface area contributed by atoms with E-state index in [1.54, 1.807) is 0 Å². The normalized spacial score (nSPS) is 15.5. The zero-order chi connectivity index (χ0) is 23.0. The number of nitrogens with one attached hydrogen (secondary N) is 1. The van der Waals surface area contributed by atoms with Gasteiger partial charge in [-0.2, -0.15) is 0 Å². The van der Waals surface area contributed by atoms with Crippen LogP contribution in [0.5, 0.6) is 5.75 Å². The molecule has 0 radical (unpaired) electrons. The first kappa shape index (κ1) is 24.8. The van der Waals surface area contributed by atoms with Crippen LogP contribution in [-0.2, 0) is 6.54 Å². The highest BCUT2D eigenvalue weighted by atomic mass is 16.3. The molecule has 0 saturated carbocycles. The highest BCUT2D eigenvalue weighted by molar-refractivity contribution is 5.72. The van der Waals surface area contributed by atoms with Crippen molar-refractivity contribution in [2.24, 2.45) is 0 Å². The molecule has 0 aromatic heterocycles. The molecule has 31 heavy (non-hydrogen) atoms. The van der Waals surface area contributed by atoms with Crippen LogP contribution in [-0.4, -0.2) is 67.6 Å². The average molecular weight is 425 g/mol. The smallest absolute Gasteiger partial charge is 0.120 e. The highest BCUT2D eigenvalue weighted by Crippen LogP contribution is 2.29. The lowest BCUT2D eigenvalue weighted by Crippen LogP contribution is -2.31. The van der Waals surface area contributed by atoms with E-state index in [2.05, 4.69) is 99.3 Å². The van der Waals surface area contributed by atoms with Crippen LogP contribution in [0.1, 0.15) is 38.3 Å². The zero-order valence-electron chi connectivity index (χ0n) is 20.4. The Bertz CT molecular complexity index is 864. The summed E-state index contributed by atoms with van der Waals surface area (Å²) in [7, 11) is 8.34. The SMILES string of the molecule is CC/C=C/C(C)=C/NC1=C(C)C=C(c2ccc(CN(C)CCN(C)C)c(O)c2)CN1C. The number of rotatable bonds is 10. The molecule has 0 aliphatic carbocycles. The Hall–Kier alpha value is -2.50. The van der Waals surface area contributed by atoms with E-state index in [9.17, 15) is 5.11 Å². The summed E-state index contributed by atoms with van der Waals surface area (Å²) in [4.78, 5) is 6.62. The van der Waals surface area contributed by atoms with Crippen molar-refractivity contribution in [1.29, 1.82) is 0 Å². The van der Waals surface area contributed by atoms with Gasteiger partial charge in [0.25, 0.3) is 0 Å². The molecule has 0 amide bonds. The van der Waals surface area contributed by atoms with Crippen LogP contribution in [0, 0.1) is 0 Å². The summed E-state index contributed by atoms with van der Waals surface area (Å²) in [6, 6.07) is 6.08. The fourth-order valence-corrected chi connectivity index (χ4v) is 3.58. The van der Waals surface area contributed by atoms with Crippen LogP contribution < -0.4 is 5.32 Å². The minimum absolute atomic E-state index is 0.365. The van der Waals surface area contributed by atoms with Crippen LogP contribution in [0.2, 0.25) is 0 Å². The standard InChI is InChI=1S/C26H40N4O/c1-8-9-10-20(2)17-27-26-21(3)15-24(19-30(26)7)22-11-12-23(25(31)16-22)18-29(6)14-13-28(4)5/h9-12,15-17,27,31H,8,13-14,18-19H2,1-7H3/b10-9+,20-17+. The number of nitrogens with zero attached hydrogens (tertiary/aromatic N) is 3. The van der Waals surface area contributed by atoms with Crippen molar-refractivity contribution < 1.29 is 5.11 Å². The van der Waals surface area contributed by atoms with Gasteiger partial charge in [-0.05, 0) is 69.8 Å². The van der Waals surface area contributed by atoms with Gasteiger partial charge in [0.15, 0.2) is 0 Å². The topological polar surface area (TPSA) is 42.0 Å². The van der Waals surface area contributed by atoms with E-state index in [0.717, 1.165) is 49.5 Å². The summed E-state index contributed by atoms with van der Waals surface area (Å²) in [6.07, 6.45) is 9.60. The number of hydrogen-bond acceptors (Lipinski definition) is 5. The maximum absolute atomic E-state index is 10.6. The molecule has 0 bridgehead atoms. The van der Waals surface area contributed by atoms with Gasteiger partial charge < -0.3 is 25.1 Å². The molecule has 0 unspecified atom stereocenters. The molecule has 1 aliphatic rings. The second-order valence-corrected chi connectivity index (χ2v) is 8.79. The van der Waals surface area contributed by atoms with E-state index in [-0.39, 0.29) is 0 Å². The van der Waals surface area contributed by atoms with E-state index in [0.29, 0.717) is 5.75 Å². The van der Waals surface area contributed by atoms with E-state index < -0.39 is 0 Å². The fraction of sp³-hybridized carbons (Fsp3) is 0.462. The molecule has 2 N–H and O–H groups in total.